The number of hydrogen-bond donors (Lipinski definition) is 3. The molecule has 7 heteroatoms. The highest BCUT2D eigenvalue weighted by Crippen LogP contribution is 2.19. The number of nitrogens with one attached hydrogen (secondary N) is 2. The fraction of sp³-hybridized carbons (Fsp3) is 0.143. The molecule has 1 atom stereocenters. The van der Waals surface area contributed by atoms with Crippen molar-refractivity contribution in [3.05, 3.63) is 57.2 Å². The van der Waals surface area contributed by atoms with E-state index in [2.05, 4.69) is 31.7 Å². The number of pyridine rings is 1. The molecule has 0 bridgehead atoms. The van der Waals surface area contributed by atoms with Gasteiger partial charge in [0.1, 0.15) is 11.5 Å². The zero-order valence-corrected chi connectivity index (χ0v) is 13.6. The van der Waals surface area contributed by atoms with Crippen molar-refractivity contribution in [3.8, 4) is 0 Å². The Bertz CT molecular complexity index is 648. The minimum Gasteiger partial charge on any atom is -0.344 e. The zero-order chi connectivity index (χ0) is 15.4. The summed E-state index contributed by atoms with van der Waals surface area (Å²) in [5, 5.41) is 3.13. The fourth-order valence-corrected chi connectivity index (χ4v) is 2.24. The van der Waals surface area contributed by atoms with Gasteiger partial charge in [0.05, 0.1) is 11.1 Å². The number of nitrogens with zero attached hydrogens (tertiary/aromatic N) is 1. The number of carbonyl (C=O) groups is 1. The van der Waals surface area contributed by atoms with E-state index >= 15 is 0 Å². The van der Waals surface area contributed by atoms with Crippen molar-refractivity contribution in [2.24, 2.45) is 5.84 Å². The number of hydrazine groups is 1. The number of nitrogens with two attached hydrogens (primary N) is 1. The molecule has 0 saturated carbocycles. The number of aromatic nitrogens is 1. The number of halogens is 2. The largest absolute Gasteiger partial charge is 0.344 e. The molecule has 1 unspecified atom stereocenters. The monoisotopic (exact) mass is 368 g/mol. The number of amides is 1. The van der Waals surface area contributed by atoms with Crippen LogP contribution in [-0.2, 0) is 0 Å². The van der Waals surface area contributed by atoms with Gasteiger partial charge in [0, 0.05) is 4.47 Å². The van der Waals surface area contributed by atoms with E-state index in [0.29, 0.717) is 5.82 Å². The van der Waals surface area contributed by atoms with Crippen molar-refractivity contribution in [2.75, 3.05) is 5.43 Å². The van der Waals surface area contributed by atoms with E-state index < -0.39 is 0 Å². The van der Waals surface area contributed by atoms with Gasteiger partial charge in [-0.05, 0) is 36.8 Å². The Hall–Kier alpha value is -1.63. The van der Waals surface area contributed by atoms with Crippen LogP contribution in [0.3, 0.4) is 0 Å². The molecule has 0 spiro atoms. The average Bonchev–Trinajstić information content (AvgIpc) is 2.48. The first-order valence-corrected chi connectivity index (χ1v) is 7.38. The predicted octanol–water partition coefficient (Wildman–Crippen LogP) is 3.27. The molecule has 2 rings (SSSR count). The first-order valence-electron chi connectivity index (χ1n) is 6.20. The molecule has 1 amide bonds. The van der Waals surface area contributed by atoms with Crippen LogP contribution in [0.4, 0.5) is 5.82 Å². The summed E-state index contributed by atoms with van der Waals surface area (Å²) in [6.07, 6.45) is 0. The van der Waals surface area contributed by atoms with E-state index in [-0.39, 0.29) is 22.7 Å². The Morgan fingerprint density at radius 3 is 2.57 bits per heavy atom. The Kier molecular flexibility index (Phi) is 5.17. The topological polar surface area (TPSA) is 80.0 Å². The summed E-state index contributed by atoms with van der Waals surface area (Å²) in [5.41, 5.74) is 3.50. The predicted molar refractivity (Wildman–Crippen MR) is 87.1 cm³/mol. The zero-order valence-electron chi connectivity index (χ0n) is 11.2. The quantitative estimate of drug-likeness (QED) is 0.571. The third-order valence-electron chi connectivity index (χ3n) is 2.93. The first kappa shape index (κ1) is 15.8. The number of hydrogen-bond acceptors (Lipinski definition) is 4. The summed E-state index contributed by atoms with van der Waals surface area (Å²) in [6, 6.07) is 10.7. The molecule has 0 fully saturated rings. The summed E-state index contributed by atoms with van der Waals surface area (Å²) in [7, 11) is 0. The van der Waals surface area contributed by atoms with Crippen molar-refractivity contribution in [3.63, 3.8) is 0 Å². The normalized spacial score (nSPS) is 11.8. The standard InChI is InChI=1S/C14H14BrClN4O/c1-8(9-2-4-10(15)5-3-9)18-14(21)13-11(16)6-7-12(19-13)20-17/h2-8H,17H2,1H3,(H,18,21)(H,19,20). The summed E-state index contributed by atoms with van der Waals surface area (Å²) < 4.78 is 0.983. The highest BCUT2D eigenvalue weighted by atomic mass is 79.9. The van der Waals surface area contributed by atoms with Gasteiger partial charge < -0.3 is 10.7 Å². The number of rotatable bonds is 4. The van der Waals surface area contributed by atoms with Crippen molar-refractivity contribution in [2.45, 2.75) is 13.0 Å². The summed E-state index contributed by atoms with van der Waals surface area (Å²) in [4.78, 5) is 16.3. The Morgan fingerprint density at radius 1 is 1.29 bits per heavy atom. The van der Waals surface area contributed by atoms with Crippen LogP contribution in [0.15, 0.2) is 40.9 Å². The van der Waals surface area contributed by atoms with Crippen molar-refractivity contribution in [1.29, 1.82) is 0 Å². The summed E-state index contributed by atoms with van der Waals surface area (Å²) >= 11 is 9.37. The molecule has 1 aromatic carbocycles. The molecule has 0 aliphatic carbocycles. The van der Waals surface area contributed by atoms with Crippen LogP contribution >= 0.6 is 27.5 Å². The second-order valence-electron chi connectivity index (χ2n) is 4.42. The Balaban J connectivity index is 2.15. The van der Waals surface area contributed by atoms with Gasteiger partial charge in [-0.2, -0.15) is 0 Å². The van der Waals surface area contributed by atoms with Gasteiger partial charge in [0.2, 0.25) is 0 Å². The third-order valence-corrected chi connectivity index (χ3v) is 3.76. The van der Waals surface area contributed by atoms with Crippen LogP contribution in [0.25, 0.3) is 0 Å². The van der Waals surface area contributed by atoms with Gasteiger partial charge in [0.15, 0.2) is 0 Å². The number of nitrogen functional groups attached to an aromatic ring is 1. The minimum atomic E-state index is -0.354. The third kappa shape index (κ3) is 3.93. The highest BCUT2D eigenvalue weighted by Gasteiger charge is 2.16. The van der Waals surface area contributed by atoms with Gasteiger partial charge in [-0.3, -0.25) is 4.79 Å². The number of benzene rings is 1. The van der Waals surface area contributed by atoms with Crippen LogP contribution in [0.5, 0.6) is 0 Å². The van der Waals surface area contributed by atoms with Gasteiger partial charge in [-0.15, -0.1) is 0 Å². The van der Waals surface area contributed by atoms with Crippen LogP contribution in [0.2, 0.25) is 5.02 Å². The lowest BCUT2D eigenvalue weighted by molar-refractivity contribution is 0.0935. The maximum Gasteiger partial charge on any atom is 0.271 e. The van der Waals surface area contributed by atoms with Crippen LogP contribution < -0.4 is 16.6 Å². The minimum absolute atomic E-state index is 0.135. The van der Waals surface area contributed by atoms with Gasteiger partial charge in [-0.25, -0.2) is 10.8 Å². The molecule has 1 heterocycles. The molecular weight excluding hydrogens is 356 g/mol. The van der Waals surface area contributed by atoms with Gasteiger partial charge >= 0.3 is 0 Å². The molecule has 2 aromatic rings. The summed E-state index contributed by atoms with van der Waals surface area (Å²) in [5.74, 6) is 5.31. The second kappa shape index (κ2) is 6.89. The highest BCUT2D eigenvalue weighted by molar-refractivity contribution is 9.10. The average molecular weight is 370 g/mol. The maximum atomic E-state index is 12.2. The van der Waals surface area contributed by atoms with E-state index in [1.807, 2.05) is 31.2 Å². The van der Waals surface area contributed by atoms with Crippen molar-refractivity contribution in [1.82, 2.24) is 10.3 Å². The SMILES string of the molecule is CC(NC(=O)c1nc(NN)ccc1Cl)c1ccc(Br)cc1. The number of anilines is 1. The lowest BCUT2D eigenvalue weighted by atomic mass is 10.1. The lowest BCUT2D eigenvalue weighted by Crippen LogP contribution is -2.28. The molecule has 0 aliphatic rings. The van der Waals surface area contributed by atoms with Crippen LogP contribution in [0, 0.1) is 0 Å². The van der Waals surface area contributed by atoms with Crippen molar-refractivity contribution >= 4 is 39.3 Å². The van der Waals surface area contributed by atoms with Crippen LogP contribution in [-0.4, -0.2) is 10.9 Å². The molecule has 5 nitrogen and oxygen atoms in total. The van der Waals surface area contributed by atoms with Gasteiger partial charge in [0.25, 0.3) is 5.91 Å². The Morgan fingerprint density at radius 2 is 1.95 bits per heavy atom. The van der Waals surface area contributed by atoms with E-state index in [0.717, 1.165) is 10.0 Å². The van der Waals surface area contributed by atoms with Crippen LogP contribution in [0.1, 0.15) is 29.0 Å². The van der Waals surface area contributed by atoms with Gasteiger partial charge in [-0.1, -0.05) is 39.7 Å². The van der Waals surface area contributed by atoms with E-state index in [1.165, 1.54) is 0 Å². The Labute approximate surface area is 136 Å². The molecule has 21 heavy (non-hydrogen) atoms. The molecule has 0 radical (unpaired) electrons. The summed E-state index contributed by atoms with van der Waals surface area (Å²) in [6.45, 7) is 1.89. The maximum absolute atomic E-state index is 12.2. The number of carbonyl (C=O) groups excluding carboxylic acids is 1. The van der Waals surface area contributed by atoms with Crippen molar-refractivity contribution < 1.29 is 4.79 Å². The molecule has 0 aliphatic heterocycles. The van der Waals surface area contributed by atoms with E-state index in [1.54, 1.807) is 12.1 Å². The van der Waals surface area contributed by atoms with E-state index in [9.17, 15) is 4.79 Å². The fourth-order valence-electron chi connectivity index (χ4n) is 1.78. The molecule has 0 saturated heterocycles. The molecular formula is C14H14BrClN4O. The van der Waals surface area contributed by atoms with E-state index in [4.69, 9.17) is 17.4 Å². The molecule has 110 valence electrons. The second-order valence-corrected chi connectivity index (χ2v) is 5.74. The molecule has 4 N–H and O–H groups in total. The smallest absolute Gasteiger partial charge is 0.271 e. The molecule has 1 aromatic heterocycles. The first-order chi connectivity index (χ1) is 10.0. The lowest BCUT2D eigenvalue weighted by Gasteiger charge is -2.15.